The zero-order chi connectivity index (χ0) is 17.9. The number of nitrogens with zero attached hydrogens (tertiary/aromatic N) is 1. The van der Waals surface area contributed by atoms with E-state index in [1.54, 1.807) is 24.3 Å². The molecule has 5 heteroatoms. The summed E-state index contributed by atoms with van der Waals surface area (Å²) in [4.78, 5) is 0. The molecule has 1 N–H and O–H groups in total. The van der Waals surface area contributed by atoms with E-state index in [0.29, 0.717) is 12.3 Å². The molecular formula is C20H19ClFNO2. The minimum atomic E-state index is -0.465. The summed E-state index contributed by atoms with van der Waals surface area (Å²) in [5, 5.41) is 11.4. The molecule has 0 fully saturated rings. The highest BCUT2D eigenvalue weighted by molar-refractivity contribution is 6.30. The van der Waals surface area contributed by atoms with Gasteiger partial charge in [-0.05, 0) is 37.3 Å². The molecule has 1 aliphatic heterocycles. The summed E-state index contributed by atoms with van der Waals surface area (Å²) in [6.45, 7) is 6.72. The molecule has 1 aromatic heterocycles. The minimum absolute atomic E-state index is 0.0906. The van der Waals surface area contributed by atoms with Crippen molar-refractivity contribution in [2.24, 2.45) is 0 Å². The molecule has 4 rings (SSSR count). The van der Waals surface area contributed by atoms with E-state index < -0.39 is 5.82 Å². The monoisotopic (exact) mass is 359 g/mol. The second-order valence-electron chi connectivity index (χ2n) is 7.20. The summed E-state index contributed by atoms with van der Waals surface area (Å²) in [6, 6.07) is 10.2. The molecule has 2 heterocycles. The van der Waals surface area contributed by atoms with Crippen LogP contribution < -0.4 is 0 Å². The van der Waals surface area contributed by atoms with Crippen molar-refractivity contribution in [3.05, 3.63) is 58.5 Å². The van der Waals surface area contributed by atoms with E-state index in [0.717, 1.165) is 22.2 Å². The summed E-state index contributed by atoms with van der Waals surface area (Å²) in [6.07, 6.45) is -0.155. The lowest BCUT2D eigenvalue weighted by Gasteiger charge is -2.35. The zero-order valence-electron chi connectivity index (χ0n) is 14.3. The first kappa shape index (κ1) is 16.4. The third-order valence-corrected chi connectivity index (χ3v) is 5.22. The van der Waals surface area contributed by atoms with Crippen LogP contribution in [0, 0.1) is 5.82 Å². The van der Waals surface area contributed by atoms with Gasteiger partial charge < -0.3 is 14.4 Å². The quantitative estimate of drug-likeness (QED) is 0.622. The smallest absolute Gasteiger partial charge is 0.143 e. The van der Waals surface area contributed by atoms with Gasteiger partial charge in [-0.25, -0.2) is 4.39 Å². The van der Waals surface area contributed by atoms with Gasteiger partial charge in [0.25, 0.3) is 0 Å². The number of aromatic hydroxyl groups is 1. The number of rotatable bonds is 1. The Hall–Kier alpha value is -2.04. The number of aromatic nitrogens is 1. The molecule has 0 aliphatic carbocycles. The zero-order valence-corrected chi connectivity index (χ0v) is 15.1. The van der Waals surface area contributed by atoms with Crippen LogP contribution in [-0.2, 0) is 10.2 Å². The Bertz CT molecular complexity index is 993. The molecule has 0 saturated heterocycles. The van der Waals surface area contributed by atoms with Crippen LogP contribution >= 0.6 is 11.6 Å². The van der Waals surface area contributed by atoms with Crippen LogP contribution in [0.1, 0.15) is 38.1 Å². The second kappa shape index (κ2) is 5.48. The van der Waals surface area contributed by atoms with Crippen LogP contribution in [0.4, 0.5) is 4.39 Å². The van der Waals surface area contributed by atoms with Crippen molar-refractivity contribution in [2.75, 3.05) is 6.61 Å². The molecule has 25 heavy (non-hydrogen) atoms. The Labute approximate surface area is 150 Å². The van der Waals surface area contributed by atoms with E-state index in [9.17, 15) is 9.50 Å². The third kappa shape index (κ3) is 2.35. The molecule has 0 saturated carbocycles. The lowest BCUT2D eigenvalue weighted by Crippen LogP contribution is -2.33. The maximum absolute atomic E-state index is 14.1. The molecule has 0 bridgehead atoms. The molecule has 3 nitrogen and oxygen atoms in total. The van der Waals surface area contributed by atoms with E-state index in [-0.39, 0.29) is 22.3 Å². The molecule has 130 valence electrons. The van der Waals surface area contributed by atoms with Gasteiger partial charge in [0.15, 0.2) is 0 Å². The van der Waals surface area contributed by atoms with Gasteiger partial charge in [0.2, 0.25) is 0 Å². The fourth-order valence-electron chi connectivity index (χ4n) is 3.79. The topological polar surface area (TPSA) is 34.4 Å². The highest BCUT2D eigenvalue weighted by Crippen LogP contribution is 2.47. The highest BCUT2D eigenvalue weighted by Gasteiger charge is 2.38. The third-order valence-electron chi connectivity index (χ3n) is 4.91. The van der Waals surface area contributed by atoms with Gasteiger partial charge in [0.05, 0.1) is 23.3 Å². The van der Waals surface area contributed by atoms with Crippen LogP contribution in [0.25, 0.3) is 16.6 Å². The maximum Gasteiger partial charge on any atom is 0.143 e. The van der Waals surface area contributed by atoms with E-state index in [1.165, 1.54) is 6.07 Å². The average Bonchev–Trinajstić information content (AvgIpc) is 2.92. The fraction of sp³-hybridized carbons (Fsp3) is 0.300. The standard InChI is InChI=1S/C20H19ClFNO2/c1-11-17-18-15(5-4-6-16(18)24)23(19(17)20(2,3)10-25-11)12-7-8-13(21)14(22)9-12/h4-9,11,24H,10H2,1-3H3. The van der Waals surface area contributed by atoms with Gasteiger partial charge in [0.1, 0.15) is 11.6 Å². The van der Waals surface area contributed by atoms with Gasteiger partial charge in [0, 0.05) is 27.7 Å². The first-order valence-electron chi connectivity index (χ1n) is 8.25. The van der Waals surface area contributed by atoms with E-state index in [2.05, 4.69) is 13.8 Å². The molecule has 0 radical (unpaired) electrons. The number of phenols is 1. The first-order chi connectivity index (χ1) is 11.8. The van der Waals surface area contributed by atoms with Crippen molar-refractivity contribution < 1.29 is 14.2 Å². The van der Waals surface area contributed by atoms with Crippen molar-refractivity contribution in [3.8, 4) is 11.4 Å². The van der Waals surface area contributed by atoms with Crippen LogP contribution in [0.3, 0.4) is 0 Å². The van der Waals surface area contributed by atoms with E-state index in [1.807, 2.05) is 17.6 Å². The Morgan fingerprint density at radius 2 is 2.04 bits per heavy atom. The van der Waals surface area contributed by atoms with Crippen LogP contribution in [-0.4, -0.2) is 16.3 Å². The van der Waals surface area contributed by atoms with Crippen molar-refractivity contribution in [2.45, 2.75) is 32.3 Å². The largest absolute Gasteiger partial charge is 0.507 e. The fourth-order valence-corrected chi connectivity index (χ4v) is 3.91. The van der Waals surface area contributed by atoms with Crippen molar-refractivity contribution in [3.63, 3.8) is 0 Å². The number of halogens is 2. The molecular weight excluding hydrogens is 341 g/mol. The van der Waals surface area contributed by atoms with Gasteiger partial charge in [-0.2, -0.15) is 0 Å². The van der Waals surface area contributed by atoms with E-state index in [4.69, 9.17) is 16.3 Å². The predicted octanol–water partition coefficient (Wildman–Crippen LogP) is 5.50. The maximum atomic E-state index is 14.1. The van der Waals surface area contributed by atoms with Crippen LogP contribution in [0.5, 0.6) is 5.75 Å². The Morgan fingerprint density at radius 1 is 1.28 bits per heavy atom. The van der Waals surface area contributed by atoms with E-state index >= 15 is 0 Å². The van der Waals surface area contributed by atoms with Gasteiger partial charge in [-0.15, -0.1) is 0 Å². The van der Waals surface area contributed by atoms with Crippen LogP contribution in [0.15, 0.2) is 36.4 Å². The van der Waals surface area contributed by atoms with Crippen molar-refractivity contribution in [1.82, 2.24) is 4.57 Å². The average molecular weight is 360 g/mol. The summed E-state index contributed by atoms with van der Waals surface area (Å²) in [5.74, 6) is -0.261. The molecule has 1 unspecified atom stereocenters. The molecule has 1 atom stereocenters. The number of fused-ring (bicyclic) bond motifs is 3. The summed E-state index contributed by atoms with van der Waals surface area (Å²) < 4.78 is 22.1. The van der Waals surface area contributed by atoms with Gasteiger partial charge in [-0.1, -0.05) is 31.5 Å². The normalized spacial score (nSPS) is 19.2. The number of benzene rings is 2. The Balaban J connectivity index is 2.17. The molecule has 2 aromatic carbocycles. The Morgan fingerprint density at radius 3 is 2.76 bits per heavy atom. The van der Waals surface area contributed by atoms with Crippen molar-refractivity contribution >= 4 is 22.5 Å². The number of hydrogen-bond acceptors (Lipinski definition) is 2. The lowest BCUT2D eigenvalue weighted by atomic mass is 9.83. The predicted molar refractivity (Wildman–Crippen MR) is 97.3 cm³/mol. The minimum Gasteiger partial charge on any atom is -0.507 e. The summed E-state index contributed by atoms with van der Waals surface area (Å²) in [7, 11) is 0. The molecule has 3 aromatic rings. The highest BCUT2D eigenvalue weighted by atomic mass is 35.5. The van der Waals surface area contributed by atoms with Gasteiger partial charge >= 0.3 is 0 Å². The number of hydrogen-bond donors (Lipinski definition) is 1. The SMILES string of the molecule is CC1OCC(C)(C)c2c1c1c(O)cccc1n2-c1ccc(Cl)c(F)c1. The second-order valence-corrected chi connectivity index (χ2v) is 7.61. The molecule has 0 amide bonds. The van der Waals surface area contributed by atoms with Crippen LogP contribution in [0.2, 0.25) is 5.02 Å². The summed E-state index contributed by atoms with van der Waals surface area (Å²) >= 11 is 5.86. The van der Waals surface area contributed by atoms with Crippen molar-refractivity contribution in [1.29, 1.82) is 0 Å². The summed E-state index contributed by atoms with van der Waals surface area (Å²) in [5.41, 5.74) is 3.21. The molecule has 1 aliphatic rings. The first-order valence-corrected chi connectivity index (χ1v) is 8.63. The Kier molecular flexibility index (Phi) is 3.60. The molecule has 0 spiro atoms. The number of phenolic OH excluding ortho intramolecular Hbond substituents is 1. The lowest BCUT2D eigenvalue weighted by molar-refractivity contribution is 0.0168. The van der Waals surface area contributed by atoms with Gasteiger partial charge in [-0.3, -0.25) is 0 Å². The number of ether oxygens (including phenoxy) is 1.